The van der Waals surface area contributed by atoms with Crippen LogP contribution in [0.5, 0.6) is 0 Å². The van der Waals surface area contributed by atoms with Gasteiger partial charge in [0.1, 0.15) is 0 Å². The lowest BCUT2D eigenvalue weighted by Crippen LogP contribution is -2.03. The number of carbonyl (C=O) groups excluding carboxylic acids is 1. The van der Waals surface area contributed by atoms with Gasteiger partial charge in [-0.05, 0) is 38.0 Å². The second kappa shape index (κ2) is 6.45. The Morgan fingerprint density at radius 2 is 2.12 bits per heavy atom. The van der Waals surface area contributed by atoms with Crippen molar-refractivity contribution in [3.05, 3.63) is 21.4 Å². The minimum atomic E-state index is 0.288. The van der Waals surface area contributed by atoms with Crippen LogP contribution in [0.4, 0.5) is 0 Å². The Hall–Kier alpha value is -0.280. The van der Waals surface area contributed by atoms with Crippen LogP contribution in [0, 0.1) is 19.8 Å². The van der Waals surface area contributed by atoms with Crippen LogP contribution >= 0.6 is 23.1 Å². The largest absolute Gasteiger partial charge is 0.293 e. The summed E-state index contributed by atoms with van der Waals surface area (Å²) in [6.45, 7) is 8.52. The molecule has 0 spiro atoms. The van der Waals surface area contributed by atoms with Gasteiger partial charge in [-0.25, -0.2) is 0 Å². The zero-order valence-electron chi connectivity index (χ0n) is 10.5. The molecule has 0 unspecified atom stereocenters. The average molecular weight is 256 g/mol. The second-order valence-corrected chi connectivity index (χ2v) is 7.05. The van der Waals surface area contributed by atoms with Gasteiger partial charge in [0.2, 0.25) is 0 Å². The normalized spacial score (nSPS) is 11.1. The molecule has 0 aromatic carbocycles. The lowest BCUT2D eigenvalue weighted by atomic mass is 10.2. The summed E-state index contributed by atoms with van der Waals surface area (Å²) in [7, 11) is 0. The third-order valence-corrected chi connectivity index (χ3v) is 4.37. The standard InChI is InChI=1S/C13H20OS2/c1-9(2)5-6-15-8-13(14)12-7-10(3)16-11(12)4/h7,9H,5-6,8H2,1-4H3. The number of hydrogen-bond donors (Lipinski definition) is 0. The van der Waals surface area contributed by atoms with E-state index in [0.717, 1.165) is 22.1 Å². The highest BCUT2D eigenvalue weighted by molar-refractivity contribution is 7.99. The van der Waals surface area contributed by atoms with Gasteiger partial charge in [0.05, 0.1) is 5.75 Å². The maximum Gasteiger partial charge on any atom is 0.173 e. The minimum Gasteiger partial charge on any atom is -0.293 e. The van der Waals surface area contributed by atoms with E-state index >= 15 is 0 Å². The molecule has 0 saturated carbocycles. The van der Waals surface area contributed by atoms with Crippen molar-refractivity contribution in [1.29, 1.82) is 0 Å². The van der Waals surface area contributed by atoms with E-state index in [0.29, 0.717) is 5.75 Å². The minimum absolute atomic E-state index is 0.288. The summed E-state index contributed by atoms with van der Waals surface area (Å²) >= 11 is 3.47. The van der Waals surface area contributed by atoms with Gasteiger partial charge in [0.15, 0.2) is 5.78 Å². The molecule has 0 atom stereocenters. The second-order valence-electron chi connectivity index (χ2n) is 4.49. The molecule has 1 aromatic rings. The maximum atomic E-state index is 11.9. The van der Waals surface area contributed by atoms with Crippen LogP contribution in [0.3, 0.4) is 0 Å². The number of hydrogen-bond acceptors (Lipinski definition) is 3. The van der Waals surface area contributed by atoms with E-state index < -0.39 is 0 Å². The monoisotopic (exact) mass is 256 g/mol. The van der Waals surface area contributed by atoms with Gasteiger partial charge in [-0.2, -0.15) is 11.8 Å². The number of Topliss-reactive ketones (excluding diaryl/α,β-unsaturated/α-hetero) is 1. The lowest BCUT2D eigenvalue weighted by Gasteiger charge is -2.03. The molecule has 3 heteroatoms. The van der Waals surface area contributed by atoms with Crippen molar-refractivity contribution >= 4 is 28.9 Å². The molecule has 0 aliphatic rings. The van der Waals surface area contributed by atoms with Crippen LogP contribution in [-0.2, 0) is 0 Å². The average Bonchev–Trinajstić information content (AvgIpc) is 2.52. The molecule has 1 rings (SSSR count). The van der Waals surface area contributed by atoms with Crippen LogP contribution < -0.4 is 0 Å². The lowest BCUT2D eigenvalue weighted by molar-refractivity contribution is 0.102. The number of carbonyl (C=O) groups is 1. The highest BCUT2D eigenvalue weighted by atomic mass is 32.2. The summed E-state index contributed by atoms with van der Waals surface area (Å²) in [5, 5.41) is 0. The molecule has 1 heterocycles. The molecule has 0 bridgehead atoms. The van der Waals surface area contributed by atoms with Crippen LogP contribution in [0.1, 0.15) is 40.4 Å². The molecule has 90 valence electrons. The SMILES string of the molecule is Cc1cc(C(=O)CSCCC(C)C)c(C)s1. The van der Waals surface area contributed by atoms with E-state index in [4.69, 9.17) is 0 Å². The Kier molecular flexibility index (Phi) is 5.56. The fourth-order valence-corrected chi connectivity index (χ4v) is 3.54. The van der Waals surface area contributed by atoms with Crippen LogP contribution in [-0.4, -0.2) is 17.3 Å². The molecule has 0 aliphatic heterocycles. The fourth-order valence-electron chi connectivity index (χ4n) is 1.47. The molecule has 0 N–H and O–H groups in total. The molecule has 16 heavy (non-hydrogen) atoms. The molecule has 0 fully saturated rings. The Morgan fingerprint density at radius 1 is 1.44 bits per heavy atom. The number of ketones is 1. The summed E-state index contributed by atoms with van der Waals surface area (Å²) in [6, 6.07) is 2.02. The van der Waals surface area contributed by atoms with Gasteiger partial charge < -0.3 is 0 Å². The van der Waals surface area contributed by atoms with Gasteiger partial charge in [-0.1, -0.05) is 13.8 Å². The highest BCUT2D eigenvalue weighted by Gasteiger charge is 2.11. The van der Waals surface area contributed by atoms with Gasteiger partial charge in [-0.15, -0.1) is 11.3 Å². The Morgan fingerprint density at radius 3 is 2.62 bits per heavy atom. The predicted molar refractivity (Wildman–Crippen MR) is 74.9 cm³/mol. The third-order valence-electron chi connectivity index (χ3n) is 2.41. The van der Waals surface area contributed by atoms with Crippen molar-refractivity contribution < 1.29 is 4.79 Å². The molecular formula is C13H20OS2. The number of thiophene rings is 1. The summed E-state index contributed by atoms with van der Waals surface area (Å²) in [4.78, 5) is 14.3. The number of rotatable bonds is 6. The van der Waals surface area contributed by atoms with Crippen LogP contribution in [0.15, 0.2) is 6.07 Å². The number of aryl methyl sites for hydroxylation is 2. The summed E-state index contributed by atoms with van der Waals surface area (Å²) in [5.41, 5.74) is 0.930. The fraction of sp³-hybridized carbons (Fsp3) is 0.615. The molecule has 1 aromatic heterocycles. The Balaban J connectivity index is 2.38. The Labute approximate surface area is 107 Å². The molecule has 0 radical (unpaired) electrons. The summed E-state index contributed by atoms with van der Waals surface area (Å²) in [6.07, 6.45) is 1.19. The van der Waals surface area contributed by atoms with Gasteiger partial charge in [0.25, 0.3) is 0 Å². The van der Waals surface area contributed by atoms with Gasteiger partial charge in [-0.3, -0.25) is 4.79 Å². The van der Waals surface area contributed by atoms with Crippen molar-refractivity contribution in [3.8, 4) is 0 Å². The first kappa shape index (κ1) is 13.8. The van der Waals surface area contributed by atoms with Crippen molar-refractivity contribution in [3.63, 3.8) is 0 Å². The first-order valence-corrected chi connectivity index (χ1v) is 7.65. The smallest absolute Gasteiger partial charge is 0.173 e. The van der Waals surface area contributed by atoms with Crippen molar-refractivity contribution in [1.82, 2.24) is 0 Å². The molecule has 0 saturated heterocycles. The highest BCUT2D eigenvalue weighted by Crippen LogP contribution is 2.22. The van der Waals surface area contributed by atoms with E-state index in [1.165, 1.54) is 11.3 Å². The zero-order valence-corrected chi connectivity index (χ0v) is 12.1. The van der Waals surface area contributed by atoms with Crippen molar-refractivity contribution in [2.45, 2.75) is 34.1 Å². The molecule has 0 aliphatic carbocycles. The number of thioether (sulfide) groups is 1. The Bertz CT molecular complexity index is 353. The van der Waals surface area contributed by atoms with Crippen LogP contribution in [0.2, 0.25) is 0 Å². The van der Waals surface area contributed by atoms with E-state index in [2.05, 4.69) is 20.8 Å². The van der Waals surface area contributed by atoms with E-state index in [1.807, 2.05) is 13.0 Å². The topological polar surface area (TPSA) is 17.1 Å². The zero-order chi connectivity index (χ0) is 12.1. The third kappa shape index (κ3) is 4.30. The quantitative estimate of drug-likeness (QED) is 0.557. The first-order valence-electron chi connectivity index (χ1n) is 5.68. The van der Waals surface area contributed by atoms with E-state index in [1.54, 1.807) is 23.1 Å². The van der Waals surface area contributed by atoms with E-state index in [-0.39, 0.29) is 5.78 Å². The van der Waals surface area contributed by atoms with Crippen LogP contribution in [0.25, 0.3) is 0 Å². The molecule has 0 amide bonds. The van der Waals surface area contributed by atoms with Crippen molar-refractivity contribution in [2.24, 2.45) is 5.92 Å². The summed E-state index contributed by atoms with van der Waals surface area (Å²) in [5.74, 6) is 2.73. The molecular weight excluding hydrogens is 236 g/mol. The molecule has 1 nitrogen and oxygen atoms in total. The van der Waals surface area contributed by atoms with Crippen molar-refractivity contribution in [2.75, 3.05) is 11.5 Å². The van der Waals surface area contributed by atoms with Gasteiger partial charge in [0, 0.05) is 15.3 Å². The summed E-state index contributed by atoms with van der Waals surface area (Å²) < 4.78 is 0. The van der Waals surface area contributed by atoms with Gasteiger partial charge >= 0.3 is 0 Å². The first-order chi connectivity index (χ1) is 7.50. The predicted octanol–water partition coefficient (Wildman–Crippen LogP) is 4.33. The maximum absolute atomic E-state index is 11.9. The van der Waals surface area contributed by atoms with E-state index in [9.17, 15) is 4.79 Å².